The van der Waals surface area contributed by atoms with Gasteiger partial charge in [-0.15, -0.1) is 0 Å². The number of rotatable bonds is 7. The molecule has 8 heteroatoms. The first-order valence-electron chi connectivity index (χ1n) is 7.37. The molecule has 0 aliphatic carbocycles. The van der Waals surface area contributed by atoms with Crippen LogP contribution in [0.2, 0.25) is 0 Å². The Kier molecular flexibility index (Phi) is 5.94. The SMILES string of the molecule is CNc1nc(NC(C)CCCO)nc(N2CCOCC2)n1. The number of hydrogen-bond acceptors (Lipinski definition) is 8. The van der Waals surface area contributed by atoms with Crippen LogP contribution in [-0.2, 0) is 4.74 Å². The van der Waals surface area contributed by atoms with Crippen LogP contribution < -0.4 is 15.5 Å². The highest BCUT2D eigenvalue weighted by atomic mass is 16.5. The van der Waals surface area contributed by atoms with Crippen molar-refractivity contribution in [1.29, 1.82) is 0 Å². The number of hydrogen-bond donors (Lipinski definition) is 3. The van der Waals surface area contributed by atoms with E-state index in [1.807, 2.05) is 6.92 Å². The summed E-state index contributed by atoms with van der Waals surface area (Å²) in [7, 11) is 1.79. The third-order valence-corrected chi connectivity index (χ3v) is 3.31. The Morgan fingerprint density at radius 2 is 1.95 bits per heavy atom. The molecule has 2 heterocycles. The molecule has 0 bridgehead atoms. The molecule has 1 aliphatic heterocycles. The smallest absolute Gasteiger partial charge is 0.232 e. The number of morpholine rings is 1. The molecule has 8 nitrogen and oxygen atoms in total. The summed E-state index contributed by atoms with van der Waals surface area (Å²) in [5.41, 5.74) is 0. The van der Waals surface area contributed by atoms with Crippen molar-refractivity contribution in [2.45, 2.75) is 25.8 Å². The van der Waals surface area contributed by atoms with Crippen LogP contribution in [0.4, 0.5) is 17.8 Å². The Morgan fingerprint density at radius 3 is 2.62 bits per heavy atom. The number of ether oxygens (including phenoxy) is 1. The first kappa shape index (κ1) is 15.7. The average molecular weight is 296 g/mol. The maximum Gasteiger partial charge on any atom is 0.232 e. The maximum atomic E-state index is 8.88. The van der Waals surface area contributed by atoms with Crippen molar-refractivity contribution in [3.8, 4) is 0 Å². The van der Waals surface area contributed by atoms with Gasteiger partial charge < -0.3 is 25.4 Å². The number of aliphatic hydroxyl groups is 1. The number of nitrogens with one attached hydrogen (secondary N) is 2. The van der Waals surface area contributed by atoms with E-state index < -0.39 is 0 Å². The molecular formula is C13H24N6O2. The fraction of sp³-hybridized carbons (Fsp3) is 0.769. The van der Waals surface area contributed by atoms with Gasteiger partial charge in [-0.2, -0.15) is 15.0 Å². The Labute approximate surface area is 125 Å². The van der Waals surface area contributed by atoms with Gasteiger partial charge in [0.1, 0.15) is 0 Å². The summed E-state index contributed by atoms with van der Waals surface area (Å²) < 4.78 is 5.35. The lowest BCUT2D eigenvalue weighted by Crippen LogP contribution is -2.37. The fourth-order valence-corrected chi connectivity index (χ4v) is 2.14. The molecule has 118 valence electrons. The summed E-state index contributed by atoms with van der Waals surface area (Å²) in [6.45, 7) is 5.20. The molecule has 1 fully saturated rings. The fourth-order valence-electron chi connectivity index (χ4n) is 2.14. The predicted molar refractivity (Wildman–Crippen MR) is 81.8 cm³/mol. The van der Waals surface area contributed by atoms with E-state index in [1.165, 1.54) is 0 Å². The van der Waals surface area contributed by atoms with Gasteiger partial charge in [0.15, 0.2) is 0 Å². The Balaban J connectivity index is 2.09. The van der Waals surface area contributed by atoms with Crippen molar-refractivity contribution >= 4 is 17.8 Å². The molecule has 1 saturated heterocycles. The maximum absolute atomic E-state index is 8.88. The third kappa shape index (κ3) is 4.68. The largest absolute Gasteiger partial charge is 0.396 e. The van der Waals surface area contributed by atoms with Crippen LogP contribution in [0, 0.1) is 0 Å². The first-order valence-corrected chi connectivity index (χ1v) is 7.37. The zero-order valence-electron chi connectivity index (χ0n) is 12.7. The van der Waals surface area contributed by atoms with E-state index in [0.717, 1.165) is 25.9 Å². The van der Waals surface area contributed by atoms with Gasteiger partial charge in [0.25, 0.3) is 0 Å². The number of aliphatic hydroxyl groups excluding tert-OH is 1. The second-order valence-electron chi connectivity index (χ2n) is 5.04. The highest BCUT2D eigenvalue weighted by Gasteiger charge is 2.16. The van der Waals surface area contributed by atoms with Crippen LogP contribution in [0.15, 0.2) is 0 Å². The minimum atomic E-state index is 0.196. The molecule has 1 atom stereocenters. The molecular weight excluding hydrogens is 272 g/mol. The lowest BCUT2D eigenvalue weighted by Gasteiger charge is -2.27. The van der Waals surface area contributed by atoms with E-state index in [-0.39, 0.29) is 12.6 Å². The summed E-state index contributed by atoms with van der Waals surface area (Å²) in [5, 5.41) is 15.1. The summed E-state index contributed by atoms with van der Waals surface area (Å²) >= 11 is 0. The van der Waals surface area contributed by atoms with E-state index in [2.05, 4.69) is 30.5 Å². The van der Waals surface area contributed by atoms with Crippen molar-refractivity contribution < 1.29 is 9.84 Å². The highest BCUT2D eigenvalue weighted by molar-refractivity contribution is 5.44. The average Bonchev–Trinajstić information content (AvgIpc) is 2.53. The van der Waals surface area contributed by atoms with Gasteiger partial charge in [-0.1, -0.05) is 0 Å². The second-order valence-corrected chi connectivity index (χ2v) is 5.04. The highest BCUT2D eigenvalue weighted by Crippen LogP contribution is 2.15. The van der Waals surface area contributed by atoms with Gasteiger partial charge in [-0.05, 0) is 19.8 Å². The third-order valence-electron chi connectivity index (χ3n) is 3.31. The van der Waals surface area contributed by atoms with Gasteiger partial charge in [0.05, 0.1) is 13.2 Å². The summed E-state index contributed by atoms with van der Waals surface area (Å²) in [6, 6.07) is 0.196. The van der Waals surface area contributed by atoms with E-state index in [0.29, 0.717) is 31.1 Å². The van der Waals surface area contributed by atoms with Gasteiger partial charge in [-0.25, -0.2) is 0 Å². The zero-order chi connectivity index (χ0) is 15.1. The molecule has 0 aromatic carbocycles. The lowest BCUT2D eigenvalue weighted by molar-refractivity contribution is 0.122. The molecule has 0 amide bonds. The summed E-state index contributed by atoms with van der Waals surface area (Å²) in [6.07, 6.45) is 1.62. The number of aromatic nitrogens is 3. The minimum Gasteiger partial charge on any atom is -0.396 e. The van der Waals surface area contributed by atoms with E-state index in [1.54, 1.807) is 7.05 Å². The van der Waals surface area contributed by atoms with Crippen LogP contribution in [0.1, 0.15) is 19.8 Å². The van der Waals surface area contributed by atoms with Gasteiger partial charge in [0, 0.05) is 32.8 Å². The topological polar surface area (TPSA) is 95.4 Å². The lowest BCUT2D eigenvalue weighted by atomic mass is 10.2. The summed E-state index contributed by atoms with van der Waals surface area (Å²) in [5.74, 6) is 1.76. The molecule has 0 saturated carbocycles. The molecule has 1 aromatic heterocycles. The zero-order valence-corrected chi connectivity index (χ0v) is 12.7. The van der Waals surface area contributed by atoms with E-state index >= 15 is 0 Å². The van der Waals surface area contributed by atoms with Crippen LogP contribution in [0.3, 0.4) is 0 Å². The molecule has 2 rings (SSSR count). The van der Waals surface area contributed by atoms with E-state index in [9.17, 15) is 0 Å². The molecule has 1 unspecified atom stereocenters. The van der Waals surface area contributed by atoms with Crippen molar-refractivity contribution in [3.63, 3.8) is 0 Å². The van der Waals surface area contributed by atoms with Gasteiger partial charge in [0.2, 0.25) is 17.8 Å². The molecule has 0 radical (unpaired) electrons. The quantitative estimate of drug-likeness (QED) is 0.662. The van der Waals surface area contributed by atoms with Crippen molar-refractivity contribution in [3.05, 3.63) is 0 Å². The summed E-state index contributed by atoms with van der Waals surface area (Å²) in [4.78, 5) is 15.3. The van der Waals surface area contributed by atoms with Gasteiger partial charge >= 0.3 is 0 Å². The second kappa shape index (κ2) is 7.94. The van der Waals surface area contributed by atoms with Crippen LogP contribution >= 0.6 is 0 Å². The van der Waals surface area contributed by atoms with E-state index in [4.69, 9.17) is 9.84 Å². The van der Waals surface area contributed by atoms with Crippen LogP contribution in [0.5, 0.6) is 0 Å². The monoisotopic (exact) mass is 296 g/mol. The molecule has 1 aliphatic rings. The van der Waals surface area contributed by atoms with Crippen molar-refractivity contribution in [2.75, 3.05) is 55.5 Å². The van der Waals surface area contributed by atoms with Crippen molar-refractivity contribution in [1.82, 2.24) is 15.0 Å². The molecule has 1 aromatic rings. The Morgan fingerprint density at radius 1 is 1.24 bits per heavy atom. The normalized spacial score (nSPS) is 16.6. The molecule has 3 N–H and O–H groups in total. The number of nitrogens with zero attached hydrogens (tertiary/aromatic N) is 4. The molecule has 21 heavy (non-hydrogen) atoms. The molecule has 0 spiro atoms. The van der Waals surface area contributed by atoms with Gasteiger partial charge in [-0.3, -0.25) is 0 Å². The van der Waals surface area contributed by atoms with Crippen LogP contribution in [0.25, 0.3) is 0 Å². The van der Waals surface area contributed by atoms with Crippen molar-refractivity contribution in [2.24, 2.45) is 0 Å². The number of anilines is 3. The standard InChI is InChI=1S/C13H24N6O2/c1-10(4-3-7-20)15-12-16-11(14-2)17-13(18-12)19-5-8-21-9-6-19/h10,20H,3-9H2,1-2H3,(H2,14,15,16,17,18). The Hall–Kier alpha value is -1.67. The van der Waals surface area contributed by atoms with Crippen LogP contribution in [-0.4, -0.2) is 66.1 Å². The minimum absolute atomic E-state index is 0.196. The first-order chi connectivity index (χ1) is 10.2. The predicted octanol–water partition coefficient (Wildman–Crippen LogP) is 0.323. The Bertz CT molecular complexity index is 439.